The molecule has 3 aromatic rings. The highest BCUT2D eigenvalue weighted by Crippen LogP contribution is 2.37. The molecule has 3 rings (SSSR count). The van der Waals surface area contributed by atoms with Crippen LogP contribution in [0.4, 0.5) is 0 Å². The van der Waals surface area contributed by atoms with Crippen LogP contribution < -0.4 is 11.1 Å². The Kier molecular flexibility index (Phi) is 7.56. The fourth-order valence-electron chi connectivity index (χ4n) is 3.58. The molecule has 0 amide bonds. The van der Waals surface area contributed by atoms with E-state index in [1.165, 1.54) is 46.5 Å². The Balaban J connectivity index is 1.88. The van der Waals surface area contributed by atoms with E-state index >= 15 is 0 Å². The molecule has 28 heavy (non-hydrogen) atoms. The van der Waals surface area contributed by atoms with Crippen molar-refractivity contribution in [3.05, 3.63) is 40.4 Å². The largest absolute Gasteiger partial charge is 0.274 e. The van der Waals surface area contributed by atoms with Crippen LogP contribution in [0.15, 0.2) is 29.3 Å². The molecular weight excluding hydrogens is 522 g/mol. The molecule has 0 radical (unpaired) electrons. The van der Waals surface area contributed by atoms with Crippen molar-refractivity contribution < 1.29 is 0 Å². The van der Waals surface area contributed by atoms with E-state index in [4.69, 9.17) is 0 Å². The summed E-state index contributed by atoms with van der Waals surface area (Å²) in [6.07, 6.45) is 5.61. The van der Waals surface area contributed by atoms with Gasteiger partial charge in [0.25, 0.3) is 11.1 Å². The fraction of sp³-hybridized carbons (Fsp3) is 0.524. The molecule has 0 aliphatic carbocycles. The van der Waals surface area contributed by atoms with Gasteiger partial charge in [0.05, 0.1) is 27.7 Å². The van der Waals surface area contributed by atoms with Gasteiger partial charge in [0.1, 0.15) is 0 Å². The van der Waals surface area contributed by atoms with E-state index in [0.717, 1.165) is 35.7 Å². The van der Waals surface area contributed by atoms with Crippen molar-refractivity contribution in [2.24, 2.45) is 11.8 Å². The normalized spacial score (nSPS) is 13.1. The second kappa shape index (κ2) is 9.54. The molecule has 0 aromatic carbocycles. The van der Waals surface area contributed by atoms with Crippen LogP contribution in [0.1, 0.15) is 52.9 Å². The van der Waals surface area contributed by atoms with Crippen LogP contribution in [-0.2, 0) is 6.54 Å². The van der Waals surface area contributed by atoms with E-state index in [-0.39, 0.29) is 11.1 Å². The zero-order valence-corrected chi connectivity index (χ0v) is 21.2. The average molecular weight is 547 g/mol. The van der Waals surface area contributed by atoms with Gasteiger partial charge in [0.2, 0.25) is 0 Å². The molecule has 0 saturated carbocycles. The summed E-state index contributed by atoms with van der Waals surface area (Å²) in [5.41, 5.74) is -0.345. The minimum atomic E-state index is -0.172. The minimum absolute atomic E-state index is 0.172. The van der Waals surface area contributed by atoms with Gasteiger partial charge in [-0.05, 0) is 68.7 Å². The van der Waals surface area contributed by atoms with Gasteiger partial charge in [-0.25, -0.2) is 0 Å². The highest BCUT2D eigenvalue weighted by molar-refractivity contribution is 9.11. The van der Waals surface area contributed by atoms with Gasteiger partial charge in [-0.15, -0.1) is 22.7 Å². The third-order valence-corrected chi connectivity index (χ3v) is 8.56. The van der Waals surface area contributed by atoms with Gasteiger partial charge in [-0.3, -0.25) is 14.2 Å². The predicted molar refractivity (Wildman–Crippen MR) is 130 cm³/mol. The van der Waals surface area contributed by atoms with Crippen molar-refractivity contribution in [3.63, 3.8) is 0 Å². The zero-order chi connectivity index (χ0) is 20.4. The Morgan fingerprint density at radius 2 is 1.36 bits per heavy atom. The first-order valence-corrected chi connectivity index (χ1v) is 12.9. The van der Waals surface area contributed by atoms with Crippen LogP contribution >= 0.6 is 54.5 Å². The van der Waals surface area contributed by atoms with Gasteiger partial charge in [0, 0.05) is 6.54 Å². The number of fused-ring (bicyclic) bond motifs is 3. The Morgan fingerprint density at radius 1 is 0.857 bits per heavy atom. The lowest BCUT2D eigenvalue weighted by molar-refractivity contribution is 0.413. The van der Waals surface area contributed by atoms with Crippen LogP contribution in [0.5, 0.6) is 0 Å². The lowest BCUT2D eigenvalue weighted by atomic mass is 9.96. The number of hydrogen-bond acceptors (Lipinski definition) is 4. The first-order chi connectivity index (χ1) is 13.3. The molecule has 0 bridgehead atoms. The molecule has 3 aromatic heterocycles. The Labute approximate surface area is 190 Å². The van der Waals surface area contributed by atoms with Gasteiger partial charge in [-0.2, -0.15) is 0 Å². The van der Waals surface area contributed by atoms with E-state index in [2.05, 4.69) is 52.6 Å². The summed E-state index contributed by atoms with van der Waals surface area (Å²) in [5, 5.41) is 1.26. The van der Waals surface area contributed by atoms with Crippen LogP contribution in [0.25, 0.3) is 20.2 Å². The van der Waals surface area contributed by atoms with Crippen molar-refractivity contribution in [2.45, 2.75) is 59.4 Å². The first kappa shape index (κ1) is 22.2. The zero-order valence-electron chi connectivity index (χ0n) is 16.4. The summed E-state index contributed by atoms with van der Waals surface area (Å²) in [6, 6.07) is 3.69. The molecule has 7 heteroatoms. The second-order valence-electron chi connectivity index (χ2n) is 7.92. The SMILES string of the molecule is CC(C)CCCC(C)CCCn1c(=O)c2cc(Br)sc2c2sc(Br)cc2c1=O. The fourth-order valence-corrected chi connectivity index (χ4v) is 6.92. The number of rotatable bonds is 8. The number of halogens is 2. The Morgan fingerprint density at radius 3 is 1.86 bits per heavy atom. The number of thiophene rings is 2. The predicted octanol–water partition coefficient (Wildman–Crippen LogP) is 7.41. The summed E-state index contributed by atoms with van der Waals surface area (Å²) >= 11 is 10.0. The summed E-state index contributed by atoms with van der Waals surface area (Å²) in [7, 11) is 0. The highest BCUT2D eigenvalue weighted by Gasteiger charge is 2.16. The number of hydrogen-bond donors (Lipinski definition) is 0. The lowest BCUT2D eigenvalue weighted by Gasteiger charge is -2.12. The first-order valence-electron chi connectivity index (χ1n) is 9.73. The molecule has 0 spiro atoms. The molecule has 1 atom stereocenters. The number of nitrogens with zero attached hydrogens (tertiary/aromatic N) is 1. The van der Waals surface area contributed by atoms with Crippen molar-refractivity contribution in [3.8, 4) is 0 Å². The molecule has 0 N–H and O–H groups in total. The van der Waals surface area contributed by atoms with E-state index in [0.29, 0.717) is 23.2 Å². The smallest absolute Gasteiger partial charge is 0.262 e. The lowest BCUT2D eigenvalue weighted by Crippen LogP contribution is -2.30. The van der Waals surface area contributed by atoms with Gasteiger partial charge in [-0.1, -0.05) is 40.0 Å². The van der Waals surface area contributed by atoms with Crippen molar-refractivity contribution >= 4 is 74.7 Å². The molecule has 0 aliphatic heterocycles. The van der Waals surface area contributed by atoms with E-state index < -0.39 is 0 Å². The minimum Gasteiger partial charge on any atom is -0.274 e. The summed E-state index contributed by atoms with van der Waals surface area (Å²) < 4.78 is 5.05. The summed E-state index contributed by atoms with van der Waals surface area (Å²) in [6.45, 7) is 7.27. The average Bonchev–Trinajstić information content (AvgIpc) is 3.18. The molecule has 1 unspecified atom stereocenters. The van der Waals surface area contributed by atoms with Gasteiger partial charge < -0.3 is 0 Å². The maximum atomic E-state index is 13.1. The topological polar surface area (TPSA) is 39.1 Å². The van der Waals surface area contributed by atoms with Crippen LogP contribution in [0.2, 0.25) is 0 Å². The molecule has 3 nitrogen and oxygen atoms in total. The van der Waals surface area contributed by atoms with Crippen molar-refractivity contribution in [1.82, 2.24) is 4.57 Å². The molecule has 0 aliphatic rings. The molecule has 0 saturated heterocycles. The Bertz CT molecular complexity index is 1020. The third kappa shape index (κ3) is 4.97. The molecule has 152 valence electrons. The van der Waals surface area contributed by atoms with Crippen molar-refractivity contribution in [1.29, 1.82) is 0 Å². The summed E-state index contributed by atoms with van der Waals surface area (Å²) in [5.74, 6) is 1.37. The van der Waals surface area contributed by atoms with Gasteiger partial charge >= 0.3 is 0 Å². The van der Waals surface area contributed by atoms with Crippen LogP contribution in [-0.4, -0.2) is 4.57 Å². The molecule has 3 heterocycles. The summed E-state index contributed by atoms with van der Waals surface area (Å²) in [4.78, 5) is 26.2. The van der Waals surface area contributed by atoms with E-state index in [1.807, 2.05) is 12.1 Å². The van der Waals surface area contributed by atoms with Crippen LogP contribution in [0.3, 0.4) is 0 Å². The van der Waals surface area contributed by atoms with Gasteiger partial charge in [0.15, 0.2) is 0 Å². The molecular formula is C21H25Br2NO2S2. The third-order valence-electron chi connectivity index (χ3n) is 5.12. The van der Waals surface area contributed by atoms with Crippen molar-refractivity contribution in [2.75, 3.05) is 0 Å². The van der Waals surface area contributed by atoms with E-state index in [1.54, 1.807) is 0 Å². The Hall–Kier alpha value is -0.500. The monoisotopic (exact) mass is 545 g/mol. The maximum Gasteiger partial charge on any atom is 0.262 e. The maximum absolute atomic E-state index is 13.1. The highest BCUT2D eigenvalue weighted by atomic mass is 79.9. The quantitative estimate of drug-likeness (QED) is 0.295. The standard InChI is InChI=1S/C21H25Br2NO2S2/c1-12(2)6-4-7-13(3)8-5-9-24-20(25)14-10-16(22)27-18(14)19-15(21(24)26)11-17(23)28-19/h10-13H,4-9H2,1-3H3. The van der Waals surface area contributed by atoms with Crippen LogP contribution in [0, 0.1) is 11.8 Å². The van der Waals surface area contributed by atoms with E-state index in [9.17, 15) is 9.59 Å². The second-order valence-corrected chi connectivity index (χ2v) is 12.8. The molecule has 0 fully saturated rings. The number of aromatic nitrogens is 1.